The highest BCUT2D eigenvalue weighted by Gasteiger charge is 2.43. The maximum atomic E-state index is 12.8. The molecule has 6 heteroatoms. The Balaban J connectivity index is 1.99. The molecule has 3 atom stereocenters. The van der Waals surface area contributed by atoms with Crippen molar-refractivity contribution in [2.45, 2.75) is 57.7 Å². The van der Waals surface area contributed by atoms with Gasteiger partial charge in [0.2, 0.25) is 0 Å². The number of aryl methyl sites for hydroxylation is 2. The fourth-order valence-electron chi connectivity index (χ4n) is 3.19. The normalized spacial score (nSPS) is 25.0. The van der Waals surface area contributed by atoms with Gasteiger partial charge in [0.1, 0.15) is 0 Å². The third-order valence-electron chi connectivity index (χ3n) is 4.53. The molecule has 0 aromatic carbocycles. The Hall–Kier alpha value is -1.04. The van der Waals surface area contributed by atoms with E-state index in [4.69, 9.17) is 0 Å². The Morgan fingerprint density at radius 1 is 1.43 bits per heavy atom. The minimum absolute atomic E-state index is 0.0448. The first-order valence-electron chi connectivity index (χ1n) is 7.57. The molecule has 1 heterocycles. The summed E-state index contributed by atoms with van der Waals surface area (Å²) >= 11 is 0. The number of halogens is 3. The van der Waals surface area contributed by atoms with Crippen LogP contribution in [0.15, 0.2) is 6.07 Å². The van der Waals surface area contributed by atoms with Crippen molar-refractivity contribution in [1.29, 1.82) is 0 Å². The van der Waals surface area contributed by atoms with Gasteiger partial charge in [0, 0.05) is 19.2 Å². The number of aliphatic hydroxyl groups is 1. The third-order valence-corrected chi connectivity index (χ3v) is 4.53. The van der Waals surface area contributed by atoms with E-state index in [1.165, 1.54) is 0 Å². The summed E-state index contributed by atoms with van der Waals surface area (Å²) in [5, 5.41) is 14.6. The van der Waals surface area contributed by atoms with Crippen LogP contribution in [0.1, 0.15) is 44.0 Å². The second kappa shape index (κ2) is 6.38. The molecule has 1 N–H and O–H groups in total. The van der Waals surface area contributed by atoms with E-state index in [0.29, 0.717) is 19.3 Å². The van der Waals surface area contributed by atoms with Gasteiger partial charge in [-0.2, -0.15) is 18.3 Å². The molecule has 0 bridgehead atoms. The number of alkyl halides is 3. The number of rotatable bonds is 4. The fraction of sp³-hybridized carbons (Fsp3) is 0.800. The molecule has 1 aliphatic carbocycles. The maximum absolute atomic E-state index is 12.8. The van der Waals surface area contributed by atoms with Crippen LogP contribution < -0.4 is 0 Å². The molecule has 21 heavy (non-hydrogen) atoms. The highest BCUT2D eigenvalue weighted by molar-refractivity contribution is 5.11. The summed E-state index contributed by atoms with van der Waals surface area (Å²) in [6.45, 7) is 2.00. The molecule has 120 valence electrons. The van der Waals surface area contributed by atoms with Crippen molar-refractivity contribution in [1.82, 2.24) is 9.78 Å². The number of hydrogen-bond acceptors (Lipinski definition) is 2. The third kappa shape index (κ3) is 3.99. The second-order valence-electron chi connectivity index (χ2n) is 6.04. The van der Waals surface area contributed by atoms with E-state index in [0.717, 1.165) is 17.8 Å². The first-order valence-corrected chi connectivity index (χ1v) is 7.57. The molecule has 1 aromatic rings. The van der Waals surface area contributed by atoms with Crippen molar-refractivity contribution in [2.24, 2.45) is 18.9 Å². The van der Waals surface area contributed by atoms with Crippen LogP contribution in [0.2, 0.25) is 0 Å². The van der Waals surface area contributed by atoms with Crippen molar-refractivity contribution in [3.05, 3.63) is 17.5 Å². The molecule has 0 aliphatic heterocycles. The lowest BCUT2D eigenvalue weighted by molar-refractivity contribution is -0.188. The van der Waals surface area contributed by atoms with Gasteiger partial charge in [0.05, 0.1) is 17.7 Å². The molecular formula is C15H23F3N2O. The SMILES string of the molecule is CCc1cc(CC(O)C2CCCC(C(F)(F)F)C2)n(C)n1. The largest absolute Gasteiger partial charge is 0.392 e. The van der Waals surface area contributed by atoms with E-state index >= 15 is 0 Å². The van der Waals surface area contributed by atoms with Gasteiger partial charge in [0.25, 0.3) is 0 Å². The molecule has 0 amide bonds. The lowest BCUT2D eigenvalue weighted by atomic mass is 9.77. The van der Waals surface area contributed by atoms with Crippen molar-refractivity contribution in [2.75, 3.05) is 0 Å². The van der Waals surface area contributed by atoms with Gasteiger partial charge in [-0.25, -0.2) is 0 Å². The molecule has 1 fully saturated rings. The van der Waals surface area contributed by atoms with Crippen LogP contribution in [-0.2, 0) is 19.9 Å². The van der Waals surface area contributed by atoms with Crippen molar-refractivity contribution >= 4 is 0 Å². The van der Waals surface area contributed by atoms with Crippen LogP contribution in [0.25, 0.3) is 0 Å². The number of aromatic nitrogens is 2. The molecule has 3 nitrogen and oxygen atoms in total. The first-order chi connectivity index (χ1) is 9.81. The molecule has 3 unspecified atom stereocenters. The minimum Gasteiger partial charge on any atom is -0.392 e. The van der Waals surface area contributed by atoms with Gasteiger partial charge in [-0.3, -0.25) is 4.68 Å². The van der Waals surface area contributed by atoms with Crippen molar-refractivity contribution in [3.8, 4) is 0 Å². The van der Waals surface area contributed by atoms with E-state index in [9.17, 15) is 18.3 Å². The summed E-state index contributed by atoms with van der Waals surface area (Å²) in [5.74, 6) is -1.53. The smallest absolute Gasteiger partial charge is 0.391 e. The summed E-state index contributed by atoms with van der Waals surface area (Å²) in [4.78, 5) is 0. The van der Waals surface area contributed by atoms with Gasteiger partial charge in [-0.05, 0) is 37.7 Å². The fourth-order valence-corrected chi connectivity index (χ4v) is 3.19. The summed E-state index contributed by atoms with van der Waals surface area (Å²) in [5.41, 5.74) is 1.82. The molecule has 0 radical (unpaired) electrons. The Morgan fingerprint density at radius 3 is 2.71 bits per heavy atom. The average Bonchev–Trinajstić information content (AvgIpc) is 2.78. The first kappa shape index (κ1) is 16.3. The topological polar surface area (TPSA) is 38.0 Å². The van der Waals surface area contributed by atoms with Crippen LogP contribution in [0.4, 0.5) is 13.2 Å². The highest BCUT2D eigenvalue weighted by atomic mass is 19.4. The molecule has 1 aromatic heterocycles. The predicted molar refractivity (Wildman–Crippen MR) is 73.8 cm³/mol. The summed E-state index contributed by atoms with van der Waals surface area (Å²) in [6.07, 6.45) is -2.23. The van der Waals surface area contributed by atoms with Gasteiger partial charge in [0.15, 0.2) is 0 Å². The van der Waals surface area contributed by atoms with Crippen LogP contribution in [-0.4, -0.2) is 27.2 Å². The van der Waals surface area contributed by atoms with Crippen LogP contribution in [0.5, 0.6) is 0 Å². The Bertz CT molecular complexity index is 470. The predicted octanol–water partition coefficient (Wildman–Crippen LogP) is 3.25. The Kier molecular flexibility index (Phi) is 4.96. The zero-order chi connectivity index (χ0) is 15.6. The molecule has 2 rings (SSSR count). The standard InChI is InChI=1S/C15H23F3N2O/c1-3-12-8-13(20(2)19-12)9-14(21)10-5-4-6-11(7-10)15(16,17)18/h8,10-11,14,21H,3-7,9H2,1-2H3. The van der Waals surface area contributed by atoms with E-state index < -0.39 is 18.2 Å². The van der Waals surface area contributed by atoms with Gasteiger partial charge in [-0.1, -0.05) is 13.3 Å². The number of hydrogen-bond donors (Lipinski definition) is 1. The zero-order valence-electron chi connectivity index (χ0n) is 12.5. The molecule has 0 saturated heterocycles. The minimum atomic E-state index is -4.14. The lowest BCUT2D eigenvalue weighted by Crippen LogP contribution is -2.34. The van der Waals surface area contributed by atoms with Crippen molar-refractivity contribution in [3.63, 3.8) is 0 Å². The van der Waals surface area contributed by atoms with E-state index in [1.807, 2.05) is 13.0 Å². The molecule has 0 spiro atoms. The highest BCUT2D eigenvalue weighted by Crippen LogP contribution is 2.41. The lowest BCUT2D eigenvalue weighted by Gasteiger charge is -2.33. The van der Waals surface area contributed by atoms with E-state index in [-0.39, 0.29) is 18.8 Å². The maximum Gasteiger partial charge on any atom is 0.391 e. The van der Waals surface area contributed by atoms with Gasteiger partial charge < -0.3 is 5.11 Å². The second-order valence-corrected chi connectivity index (χ2v) is 6.04. The van der Waals surface area contributed by atoms with Crippen LogP contribution >= 0.6 is 0 Å². The molecule has 1 aliphatic rings. The van der Waals surface area contributed by atoms with E-state index in [2.05, 4.69) is 5.10 Å². The molecule has 1 saturated carbocycles. The van der Waals surface area contributed by atoms with E-state index in [1.54, 1.807) is 11.7 Å². The zero-order valence-corrected chi connectivity index (χ0v) is 12.5. The Morgan fingerprint density at radius 2 is 2.14 bits per heavy atom. The monoisotopic (exact) mass is 304 g/mol. The van der Waals surface area contributed by atoms with Crippen LogP contribution in [0.3, 0.4) is 0 Å². The number of nitrogens with zero attached hydrogens (tertiary/aromatic N) is 2. The molecular weight excluding hydrogens is 281 g/mol. The summed E-state index contributed by atoms with van der Waals surface area (Å²) < 4.78 is 40.2. The Labute approximate surface area is 123 Å². The van der Waals surface area contributed by atoms with Gasteiger partial charge in [-0.15, -0.1) is 0 Å². The quantitative estimate of drug-likeness (QED) is 0.927. The summed E-state index contributed by atoms with van der Waals surface area (Å²) in [7, 11) is 1.81. The average molecular weight is 304 g/mol. The van der Waals surface area contributed by atoms with Crippen molar-refractivity contribution < 1.29 is 18.3 Å². The van der Waals surface area contributed by atoms with Gasteiger partial charge >= 0.3 is 6.18 Å². The number of aliphatic hydroxyl groups excluding tert-OH is 1. The summed E-state index contributed by atoms with van der Waals surface area (Å²) in [6, 6.07) is 1.92. The van der Waals surface area contributed by atoms with Crippen LogP contribution in [0, 0.1) is 11.8 Å².